The normalized spacial score (nSPS) is 26.4. The van der Waals surface area contributed by atoms with Crippen LogP contribution in [0, 0.1) is 0 Å². The lowest BCUT2D eigenvalue weighted by Crippen LogP contribution is -2.55. The first-order chi connectivity index (χ1) is 14.9. The number of hydrogen-bond donors (Lipinski definition) is 2. The summed E-state index contributed by atoms with van der Waals surface area (Å²) in [5.41, 5.74) is 0.681. The van der Waals surface area contributed by atoms with E-state index >= 15 is 0 Å². The van der Waals surface area contributed by atoms with Gasteiger partial charge in [0.25, 0.3) is 0 Å². The van der Waals surface area contributed by atoms with Crippen LogP contribution < -0.4 is 4.74 Å². The summed E-state index contributed by atoms with van der Waals surface area (Å²) in [6.45, 7) is 0. The van der Waals surface area contributed by atoms with E-state index in [1.807, 2.05) is 54.4 Å². The summed E-state index contributed by atoms with van der Waals surface area (Å²) in [6.07, 6.45) is 3.23. The molecule has 0 aliphatic carbocycles. The third-order valence-corrected chi connectivity index (χ3v) is 6.86. The lowest BCUT2D eigenvalue weighted by Gasteiger charge is -2.45. The summed E-state index contributed by atoms with van der Waals surface area (Å²) >= 11 is 0. The molecule has 0 radical (unpaired) electrons. The molecule has 5 rings (SSSR count). The molecule has 1 aromatic heterocycles. The Hall–Kier alpha value is -3.32. The zero-order valence-corrected chi connectivity index (χ0v) is 17.1. The van der Waals surface area contributed by atoms with Crippen LogP contribution >= 0.6 is 0 Å². The summed E-state index contributed by atoms with van der Waals surface area (Å²) in [6, 6.07) is 13.7. The molecule has 2 aliphatic rings. The standard InChI is InChI=1S/C24H23NO6/c1-25-14-8-9-24(25,19(23(28)29)12-22(26)27)13-16(10-14)30-15-6-7-21-18(11-15)17-4-2-3-5-20(17)31-21/h2-7,11-12,14,16H,8-10,13H2,1H3,(H,26,27)(H,28,29)/b19-12-. The quantitative estimate of drug-likeness (QED) is 0.599. The van der Waals surface area contributed by atoms with Crippen LogP contribution in [0.3, 0.4) is 0 Å². The number of piperidine rings is 1. The maximum atomic E-state index is 12.0. The molecule has 0 spiro atoms. The van der Waals surface area contributed by atoms with E-state index < -0.39 is 17.5 Å². The Balaban J connectivity index is 1.47. The van der Waals surface area contributed by atoms with Crippen LogP contribution in [-0.4, -0.2) is 51.8 Å². The van der Waals surface area contributed by atoms with Crippen molar-refractivity contribution in [2.24, 2.45) is 0 Å². The number of likely N-dealkylation sites (N-methyl/N-ethyl adjacent to an activating group) is 1. The van der Waals surface area contributed by atoms with Crippen molar-refractivity contribution in [1.82, 2.24) is 4.90 Å². The number of carbonyl (C=O) groups is 2. The molecule has 3 unspecified atom stereocenters. The van der Waals surface area contributed by atoms with Gasteiger partial charge in [0.2, 0.25) is 0 Å². The number of ether oxygens (including phenoxy) is 1. The molecule has 31 heavy (non-hydrogen) atoms. The lowest BCUT2D eigenvalue weighted by atomic mass is 9.80. The molecular weight excluding hydrogens is 398 g/mol. The minimum absolute atomic E-state index is 0.0745. The lowest BCUT2D eigenvalue weighted by molar-refractivity contribution is -0.137. The van der Waals surface area contributed by atoms with Gasteiger partial charge >= 0.3 is 11.9 Å². The van der Waals surface area contributed by atoms with Gasteiger partial charge in [-0.25, -0.2) is 9.59 Å². The van der Waals surface area contributed by atoms with Gasteiger partial charge in [-0.05, 0) is 50.6 Å². The highest BCUT2D eigenvalue weighted by atomic mass is 16.5. The summed E-state index contributed by atoms with van der Waals surface area (Å²) in [4.78, 5) is 25.3. The predicted molar refractivity (Wildman–Crippen MR) is 114 cm³/mol. The van der Waals surface area contributed by atoms with E-state index in [0.29, 0.717) is 18.6 Å². The van der Waals surface area contributed by atoms with E-state index in [2.05, 4.69) is 0 Å². The largest absolute Gasteiger partial charge is 0.490 e. The molecule has 3 aromatic rings. The SMILES string of the molecule is CN1C2CCC1(/C(=C\C(=O)O)C(=O)O)CC(Oc1ccc3oc4ccccc4c3c1)C2. The summed E-state index contributed by atoms with van der Waals surface area (Å²) in [7, 11) is 1.89. The number of nitrogens with zero attached hydrogens (tertiary/aromatic N) is 1. The van der Waals surface area contributed by atoms with Crippen LogP contribution in [0.15, 0.2) is 58.5 Å². The third kappa shape index (κ3) is 3.16. The topological polar surface area (TPSA) is 100 Å². The molecule has 2 aromatic carbocycles. The Labute approximate surface area is 178 Å². The van der Waals surface area contributed by atoms with Crippen molar-refractivity contribution >= 4 is 33.9 Å². The van der Waals surface area contributed by atoms with Crippen molar-refractivity contribution in [3.05, 3.63) is 54.1 Å². The number of carboxylic acids is 2. The third-order valence-electron chi connectivity index (χ3n) is 6.86. The van der Waals surface area contributed by atoms with E-state index in [4.69, 9.17) is 9.15 Å². The van der Waals surface area contributed by atoms with Gasteiger partial charge < -0.3 is 19.4 Å². The highest BCUT2D eigenvalue weighted by Gasteiger charge is 2.54. The molecule has 160 valence electrons. The predicted octanol–water partition coefficient (Wildman–Crippen LogP) is 4.06. The molecular formula is C24H23NO6. The number of benzene rings is 2. The van der Waals surface area contributed by atoms with Crippen molar-refractivity contribution in [2.75, 3.05) is 7.05 Å². The van der Waals surface area contributed by atoms with E-state index in [-0.39, 0.29) is 17.7 Å². The first kappa shape index (κ1) is 19.6. The highest BCUT2D eigenvalue weighted by Crippen LogP contribution is 2.48. The van der Waals surface area contributed by atoms with E-state index in [1.54, 1.807) is 0 Å². The van der Waals surface area contributed by atoms with E-state index in [1.165, 1.54) is 0 Å². The summed E-state index contributed by atoms with van der Waals surface area (Å²) in [5, 5.41) is 21.0. The van der Waals surface area contributed by atoms with Crippen LogP contribution in [-0.2, 0) is 9.59 Å². The van der Waals surface area contributed by atoms with Crippen molar-refractivity contribution in [1.29, 1.82) is 0 Å². The Morgan fingerprint density at radius 2 is 1.94 bits per heavy atom. The van der Waals surface area contributed by atoms with Gasteiger partial charge in [-0.2, -0.15) is 0 Å². The molecule has 2 saturated heterocycles. The average Bonchev–Trinajstić information content (AvgIpc) is 3.17. The fourth-order valence-electron chi connectivity index (χ4n) is 5.42. The maximum Gasteiger partial charge on any atom is 0.333 e. The summed E-state index contributed by atoms with van der Waals surface area (Å²) < 4.78 is 12.2. The number of rotatable bonds is 5. The van der Waals surface area contributed by atoms with Gasteiger partial charge in [0.15, 0.2) is 0 Å². The van der Waals surface area contributed by atoms with Crippen LogP contribution in [0.25, 0.3) is 21.9 Å². The van der Waals surface area contributed by atoms with E-state index in [9.17, 15) is 19.8 Å². The molecule has 7 nitrogen and oxygen atoms in total. The van der Waals surface area contributed by atoms with Crippen molar-refractivity contribution in [2.45, 2.75) is 43.4 Å². The molecule has 3 atom stereocenters. The van der Waals surface area contributed by atoms with Gasteiger partial charge in [-0.3, -0.25) is 4.90 Å². The van der Waals surface area contributed by atoms with Crippen LogP contribution in [0.2, 0.25) is 0 Å². The Morgan fingerprint density at radius 3 is 2.71 bits per heavy atom. The number of furan rings is 1. The molecule has 2 N–H and O–H groups in total. The van der Waals surface area contributed by atoms with Crippen LogP contribution in [0.4, 0.5) is 0 Å². The zero-order chi connectivity index (χ0) is 21.8. The van der Waals surface area contributed by atoms with Crippen molar-refractivity contribution in [3.8, 4) is 5.75 Å². The molecule has 0 amide bonds. The zero-order valence-electron chi connectivity index (χ0n) is 17.1. The minimum Gasteiger partial charge on any atom is -0.490 e. The number of hydrogen-bond acceptors (Lipinski definition) is 5. The Bertz CT molecular complexity index is 1230. The first-order valence-electron chi connectivity index (χ1n) is 10.4. The molecule has 2 aliphatic heterocycles. The Kier molecular flexibility index (Phi) is 4.51. The number of fused-ring (bicyclic) bond motifs is 5. The number of aliphatic carboxylic acids is 2. The second-order valence-electron chi connectivity index (χ2n) is 8.47. The van der Waals surface area contributed by atoms with Gasteiger partial charge in [0, 0.05) is 29.3 Å². The fraction of sp³-hybridized carbons (Fsp3) is 0.333. The van der Waals surface area contributed by atoms with Gasteiger partial charge in [0.05, 0.1) is 11.1 Å². The molecule has 2 bridgehead atoms. The van der Waals surface area contributed by atoms with Crippen molar-refractivity contribution in [3.63, 3.8) is 0 Å². The molecule has 2 fully saturated rings. The Morgan fingerprint density at radius 1 is 1.16 bits per heavy atom. The minimum atomic E-state index is -1.25. The number of carboxylic acid groups (broad SMARTS) is 2. The van der Waals surface area contributed by atoms with Gasteiger partial charge in [-0.1, -0.05) is 18.2 Å². The molecule has 0 saturated carbocycles. The average molecular weight is 421 g/mol. The maximum absolute atomic E-state index is 12.0. The second-order valence-corrected chi connectivity index (χ2v) is 8.47. The fourth-order valence-corrected chi connectivity index (χ4v) is 5.42. The monoisotopic (exact) mass is 421 g/mol. The summed E-state index contributed by atoms with van der Waals surface area (Å²) in [5.74, 6) is -1.74. The van der Waals surface area contributed by atoms with Crippen LogP contribution in [0.5, 0.6) is 5.75 Å². The van der Waals surface area contributed by atoms with Crippen molar-refractivity contribution < 1.29 is 29.0 Å². The van der Waals surface area contributed by atoms with Gasteiger partial charge in [-0.15, -0.1) is 0 Å². The molecule has 3 heterocycles. The smallest absolute Gasteiger partial charge is 0.333 e. The van der Waals surface area contributed by atoms with Crippen LogP contribution in [0.1, 0.15) is 25.7 Å². The first-order valence-corrected chi connectivity index (χ1v) is 10.4. The van der Waals surface area contributed by atoms with Gasteiger partial charge in [0.1, 0.15) is 23.0 Å². The second kappa shape index (κ2) is 7.13. The number of para-hydroxylation sites is 1. The van der Waals surface area contributed by atoms with E-state index in [0.717, 1.165) is 40.9 Å². The highest BCUT2D eigenvalue weighted by molar-refractivity contribution is 6.05. The molecule has 7 heteroatoms.